The van der Waals surface area contributed by atoms with Crippen LogP contribution in [0.3, 0.4) is 0 Å². The molecule has 1 aliphatic heterocycles. The average molecular weight is 445 g/mol. The molecule has 0 spiro atoms. The monoisotopic (exact) mass is 445 g/mol. The Balaban J connectivity index is 1.50. The fourth-order valence-electron chi connectivity index (χ4n) is 4.20. The largest absolute Gasteiger partial charge is 0.342 e. The zero-order valence-corrected chi connectivity index (χ0v) is 17.7. The number of hydrogen-bond donors (Lipinski definition) is 0. The van der Waals surface area contributed by atoms with Crippen LogP contribution < -0.4 is 0 Å². The van der Waals surface area contributed by atoms with Crippen LogP contribution >= 0.6 is 0 Å². The van der Waals surface area contributed by atoms with Gasteiger partial charge >= 0.3 is 0 Å². The van der Waals surface area contributed by atoms with Crippen LogP contribution in [0.1, 0.15) is 25.0 Å². The number of halogens is 1. The van der Waals surface area contributed by atoms with E-state index in [0.717, 1.165) is 18.5 Å². The van der Waals surface area contributed by atoms with Gasteiger partial charge in [-0.2, -0.15) is 10.4 Å². The summed E-state index contributed by atoms with van der Waals surface area (Å²) in [4.78, 5) is 31.6. The van der Waals surface area contributed by atoms with Crippen LogP contribution in [0.2, 0.25) is 0 Å². The third-order valence-electron chi connectivity index (χ3n) is 5.72. The summed E-state index contributed by atoms with van der Waals surface area (Å²) >= 11 is 0. The minimum absolute atomic E-state index is 0.105. The van der Waals surface area contributed by atoms with Crippen molar-refractivity contribution in [1.29, 1.82) is 5.26 Å². The molecular weight excluding hydrogens is 425 g/mol. The van der Waals surface area contributed by atoms with Gasteiger partial charge in [0.2, 0.25) is 5.91 Å². The summed E-state index contributed by atoms with van der Waals surface area (Å²) in [7, 11) is 0. The lowest BCUT2D eigenvalue weighted by Gasteiger charge is -2.32. The molecule has 5 heterocycles. The van der Waals surface area contributed by atoms with Crippen molar-refractivity contribution in [2.24, 2.45) is 5.92 Å². The van der Waals surface area contributed by atoms with Crippen molar-refractivity contribution in [3.63, 3.8) is 0 Å². The third kappa shape index (κ3) is 4.27. The van der Waals surface area contributed by atoms with E-state index in [1.807, 2.05) is 12.1 Å². The number of imidazole rings is 1. The van der Waals surface area contributed by atoms with Gasteiger partial charge < -0.3 is 4.90 Å². The smallest absolute Gasteiger partial charge is 0.236 e. The van der Waals surface area contributed by atoms with Gasteiger partial charge in [0.25, 0.3) is 0 Å². The molecule has 0 N–H and O–H groups in total. The second-order valence-electron chi connectivity index (χ2n) is 7.99. The van der Waals surface area contributed by atoms with Crippen LogP contribution in [0.4, 0.5) is 4.39 Å². The van der Waals surface area contributed by atoms with Crippen molar-refractivity contribution in [2.45, 2.75) is 25.7 Å². The van der Waals surface area contributed by atoms with Crippen LogP contribution in [0.5, 0.6) is 0 Å². The van der Waals surface area contributed by atoms with Gasteiger partial charge in [-0.1, -0.05) is 0 Å². The van der Waals surface area contributed by atoms with Crippen molar-refractivity contribution in [3.8, 4) is 23.4 Å². The van der Waals surface area contributed by atoms with Crippen molar-refractivity contribution in [3.05, 3.63) is 54.8 Å². The lowest BCUT2D eigenvalue weighted by Crippen LogP contribution is -2.40. The Labute approximate surface area is 188 Å². The molecule has 10 nitrogen and oxygen atoms in total. The molecule has 1 amide bonds. The molecule has 1 atom stereocenters. The number of nitriles is 1. The predicted octanol–water partition coefficient (Wildman–Crippen LogP) is 2.21. The van der Waals surface area contributed by atoms with Crippen molar-refractivity contribution < 1.29 is 9.18 Å². The molecule has 166 valence electrons. The molecule has 0 radical (unpaired) electrons. The van der Waals surface area contributed by atoms with Crippen molar-refractivity contribution >= 4 is 11.6 Å². The molecule has 1 saturated heterocycles. The van der Waals surface area contributed by atoms with Crippen LogP contribution in [0, 0.1) is 23.1 Å². The number of rotatable bonds is 5. The summed E-state index contributed by atoms with van der Waals surface area (Å²) in [6.45, 7) is 1.25. The maximum Gasteiger partial charge on any atom is 0.236 e. The van der Waals surface area contributed by atoms with E-state index in [2.05, 4.69) is 20.1 Å². The van der Waals surface area contributed by atoms with E-state index in [1.165, 1.54) is 18.6 Å². The lowest BCUT2D eigenvalue weighted by molar-refractivity contribution is -0.131. The molecule has 0 aliphatic carbocycles. The van der Waals surface area contributed by atoms with Crippen LogP contribution in [0.15, 0.2) is 43.2 Å². The first-order valence-corrected chi connectivity index (χ1v) is 10.6. The Morgan fingerprint density at radius 3 is 3.03 bits per heavy atom. The van der Waals surface area contributed by atoms with Gasteiger partial charge in [0.05, 0.1) is 12.3 Å². The number of aromatic nitrogens is 7. The Hall–Kier alpha value is -4.20. The standard InChI is InChI=1S/C22H20FN9O/c23-16-3-4-19-26-10-18(31(19)12-16)22-28-17(9-20(29-22)32-14-25-13-27-32)8-15-2-1-7-30(11-15)21(33)5-6-24/h3-4,9-10,12-15H,1-2,5,7-8,11H2/t15-/m0/s1. The maximum absolute atomic E-state index is 13.9. The van der Waals surface area contributed by atoms with E-state index >= 15 is 0 Å². The minimum Gasteiger partial charge on any atom is -0.342 e. The summed E-state index contributed by atoms with van der Waals surface area (Å²) < 4.78 is 17.1. The lowest BCUT2D eigenvalue weighted by atomic mass is 9.93. The number of amides is 1. The molecule has 1 fully saturated rings. The van der Waals surface area contributed by atoms with Crippen molar-refractivity contribution in [2.75, 3.05) is 13.1 Å². The molecule has 0 bridgehead atoms. The van der Waals surface area contributed by atoms with Gasteiger partial charge in [-0.15, -0.1) is 0 Å². The van der Waals surface area contributed by atoms with E-state index < -0.39 is 5.82 Å². The van der Waals surface area contributed by atoms with Crippen molar-refractivity contribution in [1.82, 2.24) is 39.0 Å². The van der Waals surface area contributed by atoms with Gasteiger partial charge in [0, 0.05) is 31.0 Å². The van der Waals surface area contributed by atoms with E-state index in [1.54, 1.807) is 32.6 Å². The molecule has 1 aliphatic rings. The first-order valence-electron chi connectivity index (χ1n) is 10.6. The average Bonchev–Trinajstić information content (AvgIpc) is 3.49. The summed E-state index contributed by atoms with van der Waals surface area (Å²) in [6.07, 6.45) is 8.28. The minimum atomic E-state index is -0.390. The highest BCUT2D eigenvalue weighted by molar-refractivity contribution is 5.78. The number of carbonyl (C=O) groups is 1. The second kappa shape index (κ2) is 8.74. The number of pyridine rings is 1. The molecular formula is C22H20FN9O. The number of carbonyl (C=O) groups excluding carboxylic acids is 1. The van der Waals surface area contributed by atoms with Gasteiger partial charge in [-0.25, -0.2) is 29.0 Å². The first kappa shape index (κ1) is 20.7. The van der Waals surface area contributed by atoms with E-state index in [9.17, 15) is 9.18 Å². The van der Waals surface area contributed by atoms with E-state index in [-0.39, 0.29) is 18.2 Å². The normalized spacial score (nSPS) is 16.1. The second-order valence-corrected chi connectivity index (χ2v) is 7.99. The Bertz CT molecular complexity index is 1340. The van der Waals surface area contributed by atoms with E-state index in [4.69, 9.17) is 10.2 Å². The molecule has 11 heteroatoms. The molecule has 33 heavy (non-hydrogen) atoms. The SMILES string of the molecule is N#CCC(=O)N1CCC[C@@H](Cc2cc(-n3cncn3)nc(-c3cnc4ccc(F)cn34)n2)C1. The number of piperidine rings is 1. The summed E-state index contributed by atoms with van der Waals surface area (Å²) in [5, 5.41) is 13.0. The highest BCUT2D eigenvalue weighted by atomic mass is 19.1. The van der Waals surface area contributed by atoms with Gasteiger partial charge in [-0.05, 0) is 37.3 Å². The first-order chi connectivity index (χ1) is 16.1. The fraction of sp³-hybridized carbons (Fsp3) is 0.318. The third-order valence-corrected chi connectivity index (χ3v) is 5.72. The van der Waals surface area contributed by atoms with Crippen LogP contribution in [0.25, 0.3) is 23.0 Å². The Kier molecular flexibility index (Phi) is 5.48. The summed E-state index contributed by atoms with van der Waals surface area (Å²) in [5.41, 5.74) is 1.92. The molecule has 5 rings (SSSR count). The molecule has 0 unspecified atom stereocenters. The van der Waals surface area contributed by atoms with Gasteiger partial charge in [0.15, 0.2) is 11.6 Å². The quantitative estimate of drug-likeness (QED) is 0.462. The highest BCUT2D eigenvalue weighted by Gasteiger charge is 2.25. The summed E-state index contributed by atoms with van der Waals surface area (Å²) in [6, 6.07) is 6.72. The maximum atomic E-state index is 13.9. The molecule has 4 aromatic heterocycles. The van der Waals surface area contributed by atoms with Gasteiger partial charge in [0.1, 0.15) is 36.2 Å². The number of hydrogen-bond acceptors (Lipinski definition) is 7. The predicted molar refractivity (Wildman–Crippen MR) is 114 cm³/mol. The Morgan fingerprint density at radius 1 is 1.30 bits per heavy atom. The summed E-state index contributed by atoms with van der Waals surface area (Å²) in [5.74, 6) is 0.601. The zero-order valence-electron chi connectivity index (χ0n) is 17.7. The molecule has 0 saturated carbocycles. The van der Waals surface area contributed by atoms with Crippen LogP contribution in [-0.2, 0) is 11.2 Å². The molecule has 4 aromatic rings. The topological polar surface area (TPSA) is 118 Å². The van der Waals surface area contributed by atoms with Gasteiger partial charge in [-0.3, -0.25) is 9.20 Å². The highest BCUT2D eigenvalue weighted by Crippen LogP contribution is 2.24. The fourth-order valence-corrected chi connectivity index (χ4v) is 4.20. The number of nitrogens with zero attached hydrogens (tertiary/aromatic N) is 9. The van der Waals surface area contributed by atoms with Crippen LogP contribution in [-0.4, -0.2) is 58.0 Å². The Morgan fingerprint density at radius 2 is 2.21 bits per heavy atom. The number of likely N-dealkylation sites (tertiary alicyclic amines) is 1. The van der Waals surface area contributed by atoms with E-state index in [0.29, 0.717) is 42.5 Å². The number of fused-ring (bicyclic) bond motifs is 1. The molecule has 0 aromatic carbocycles. The zero-order chi connectivity index (χ0) is 22.8.